The van der Waals surface area contributed by atoms with Gasteiger partial charge in [-0.15, -0.1) is 0 Å². The quantitative estimate of drug-likeness (QED) is 0.681. The predicted molar refractivity (Wildman–Crippen MR) is 57.3 cm³/mol. The Labute approximate surface area is 90.9 Å². The predicted octanol–water partition coefficient (Wildman–Crippen LogP) is 0.114. The van der Waals surface area contributed by atoms with Crippen LogP contribution < -0.4 is 15.6 Å². The van der Waals surface area contributed by atoms with E-state index in [0.717, 1.165) is 5.69 Å². The number of nitrogens with zero attached hydrogens (tertiary/aromatic N) is 2. The van der Waals surface area contributed by atoms with E-state index in [1.807, 2.05) is 6.07 Å². The van der Waals surface area contributed by atoms with Gasteiger partial charge >= 0.3 is 0 Å². The summed E-state index contributed by atoms with van der Waals surface area (Å²) in [5.74, 6) is 0.572. The van der Waals surface area contributed by atoms with E-state index in [4.69, 9.17) is 4.74 Å². The van der Waals surface area contributed by atoms with Crippen LogP contribution in [0.25, 0.3) is 0 Å². The van der Waals surface area contributed by atoms with Gasteiger partial charge in [0.05, 0.1) is 25.7 Å². The molecular weight excluding hydrogens is 210 g/mol. The zero-order valence-corrected chi connectivity index (χ0v) is 8.65. The van der Waals surface area contributed by atoms with E-state index < -0.39 is 0 Å². The maximum atomic E-state index is 11.4. The molecule has 2 aromatic rings. The average molecular weight is 221 g/mol. The molecular formula is C9H11N5O2. The van der Waals surface area contributed by atoms with Gasteiger partial charge in [-0.25, -0.2) is 4.98 Å². The summed E-state index contributed by atoms with van der Waals surface area (Å²) in [6.07, 6.45) is 2.97. The zero-order valence-electron chi connectivity index (χ0n) is 8.65. The van der Waals surface area contributed by atoms with Gasteiger partial charge in [0.1, 0.15) is 0 Å². The molecule has 0 fully saturated rings. The van der Waals surface area contributed by atoms with Crippen molar-refractivity contribution < 1.29 is 4.74 Å². The second-order valence-corrected chi connectivity index (χ2v) is 3.05. The van der Waals surface area contributed by atoms with Crippen LogP contribution in [0.3, 0.4) is 0 Å². The molecule has 0 unspecified atom stereocenters. The molecule has 16 heavy (non-hydrogen) atoms. The molecule has 0 atom stereocenters. The van der Waals surface area contributed by atoms with Crippen LogP contribution in [0, 0.1) is 0 Å². The molecule has 3 N–H and O–H groups in total. The maximum Gasteiger partial charge on any atom is 0.295 e. The minimum atomic E-state index is -0.315. The molecule has 0 aliphatic heterocycles. The normalized spacial score (nSPS) is 10.1. The molecule has 0 radical (unpaired) electrons. The Morgan fingerprint density at radius 2 is 2.44 bits per heavy atom. The molecule has 0 aliphatic rings. The van der Waals surface area contributed by atoms with Crippen LogP contribution in [0.2, 0.25) is 0 Å². The molecule has 7 nitrogen and oxygen atoms in total. The average Bonchev–Trinajstić information content (AvgIpc) is 2.79. The second-order valence-electron chi connectivity index (χ2n) is 3.05. The summed E-state index contributed by atoms with van der Waals surface area (Å²) >= 11 is 0. The van der Waals surface area contributed by atoms with Gasteiger partial charge in [-0.1, -0.05) is 0 Å². The van der Waals surface area contributed by atoms with Gasteiger partial charge in [-0.2, -0.15) is 5.10 Å². The van der Waals surface area contributed by atoms with Crippen molar-refractivity contribution in [1.82, 2.24) is 20.2 Å². The van der Waals surface area contributed by atoms with E-state index in [1.54, 1.807) is 6.20 Å². The first-order chi connectivity index (χ1) is 7.81. The minimum absolute atomic E-state index is 0.169. The van der Waals surface area contributed by atoms with Gasteiger partial charge < -0.3 is 15.0 Å². The van der Waals surface area contributed by atoms with E-state index in [0.29, 0.717) is 12.4 Å². The van der Waals surface area contributed by atoms with E-state index in [9.17, 15) is 4.79 Å². The zero-order chi connectivity index (χ0) is 11.4. The van der Waals surface area contributed by atoms with Crippen molar-refractivity contribution in [2.45, 2.75) is 6.54 Å². The summed E-state index contributed by atoms with van der Waals surface area (Å²) in [6, 6.07) is 1.83. The summed E-state index contributed by atoms with van der Waals surface area (Å²) in [6.45, 7) is 0.493. The second kappa shape index (κ2) is 4.47. The number of nitrogens with one attached hydrogen (secondary N) is 3. The van der Waals surface area contributed by atoms with Crippen LogP contribution in [0.5, 0.6) is 5.75 Å². The van der Waals surface area contributed by atoms with E-state index in [-0.39, 0.29) is 11.3 Å². The molecule has 0 aromatic carbocycles. The highest BCUT2D eigenvalue weighted by atomic mass is 16.5. The van der Waals surface area contributed by atoms with Gasteiger partial charge in [0.15, 0.2) is 5.82 Å². The number of aromatic nitrogens is 4. The van der Waals surface area contributed by atoms with Crippen molar-refractivity contribution >= 4 is 5.82 Å². The number of ether oxygens (including phenoxy) is 1. The lowest BCUT2D eigenvalue weighted by Crippen LogP contribution is -2.14. The lowest BCUT2D eigenvalue weighted by Gasteiger charge is -2.07. The molecule has 0 saturated carbocycles. The summed E-state index contributed by atoms with van der Waals surface area (Å²) in [4.78, 5) is 17.8. The van der Waals surface area contributed by atoms with Crippen molar-refractivity contribution in [1.29, 1.82) is 0 Å². The van der Waals surface area contributed by atoms with Gasteiger partial charge in [0, 0.05) is 6.20 Å². The monoisotopic (exact) mass is 221 g/mol. The van der Waals surface area contributed by atoms with Crippen molar-refractivity contribution in [3.8, 4) is 5.75 Å². The maximum absolute atomic E-state index is 11.4. The molecule has 0 bridgehead atoms. The molecule has 7 heteroatoms. The highest BCUT2D eigenvalue weighted by Gasteiger charge is 2.08. The van der Waals surface area contributed by atoms with Crippen LogP contribution in [-0.2, 0) is 6.54 Å². The van der Waals surface area contributed by atoms with Crippen molar-refractivity contribution in [3.63, 3.8) is 0 Å². The van der Waals surface area contributed by atoms with E-state index >= 15 is 0 Å². The van der Waals surface area contributed by atoms with Crippen molar-refractivity contribution in [2.75, 3.05) is 12.4 Å². The summed E-state index contributed by atoms with van der Waals surface area (Å²) in [7, 11) is 1.42. The molecule has 0 saturated heterocycles. The van der Waals surface area contributed by atoms with Crippen molar-refractivity contribution in [2.24, 2.45) is 0 Å². The van der Waals surface area contributed by atoms with Crippen LogP contribution in [-0.4, -0.2) is 27.3 Å². The topological polar surface area (TPSA) is 95.7 Å². The Balaban J connectivity index is 2.15. The smallest absolute Gasteiger partial charge is 0.295 e. The molecule has 0 amide bonds. The van der Waals surface area contributed by atoms with Gasteiger partial charge in [-0.05, 0) is 6.07 Å². The third-order valence-electron chi connectivity index (χ3n) is 2.02. The Bertz CT molecular complexity index is 505. The number of anilines is 1. The third kappa shape index (κ3) is 2.02. The molecule has 2 rings (SSSR count). The summed E-state index contributed by atoms with van der Waals surface area (Å²) in [5.41, 5.74) is 0.578. The first kappa shape index (κ1) is 10.2. The number of hydrogen-bond donors (Lipinski definition) is 3. The van der Waals surface area contributed by atoms with Crippen LogP contribution in [0.1, 0.15) is 5.69 Å². The highest BCUT2D eigenvalue weighted by molar-refractivity contribution is 5.47. The molecule has 84 valence electrons. The van der Waals surface area contributed by atoms with Crippen LogP contribution >= 0.6 is 0 Å². The fourth-order valence-corrected chi connectivity index (χ4v) is 1.26. The molecule has 0 spiro atoms. The lowest BCUT2D eigenvalue weighted by molar-refractivity contribution is 0.408. The third-order valence-corrected chi connectivity index (χ3v) is 2.02. The standard InChI is InChI=1S/C9H11N5O2/c1-16-7-8(11-5-12-9(7)15)10-4-6-2-3-13-14-6/h2-3,5H,4H2,1H3,(H,13,14)(H2,10,11,12,15). The van der Waals surface area contributed by atoms with Crippen LogP contribution in [0.4, 0.5) is 5.82 Å². The van der Waals surface area contributed by atoms with Crippen molar-refractivity contribution in [3.05, 3.63) is 34.6 Å². The fourth-order valence-electron chi connectivity index (χ4n) is 1.26. The first-order valence-corrected chi connectivity index (χ1v) is 4.65. The van der Waals surface area contributed by atoms with Gasteiger partial charge in [0.2, 0.25) is 5.75 Å². The molecule has 2 heterocycles. The highest BCUT2D eigenvalue weighted by Crippen LogP contribution is 2.14. The molecule has 2 aromatic heterocycles. The number of H-pyrrole nitrogens is 2. The number of rotatable bonds is 4. The van der Waals surface area contributed by atoms with Gasteiger partial charge in [0.25, 0.3) is 5.56 Å². The lowest BCUT2D eigenvalue weighted by atomic mass is 10.4. The van der Waals surface area contributed by atoms with Gasteiger partial charge in [-0.3, -0.25) is 9.89 Å². The fraction of sp³-hybridized carbons (Fsp3) is 0.222. The summed E-state index contributed by atoms with van der Waals surface area (Å²) < 4.78 is 4.95. The summed E-state index contributed by atoms with van der Waals surface area (Å²) in [5, 5.41) is 9.58. The largest absolute Gasteiger partial charge is 0.489 e. The number of methoxy groups -OCH3 is 1. The minimum Gasteiger partial charge on any atom is -0.489 e. The van der Waals surface area contributed by atoms with E-state index in [1.165, 1.54) is 13.4 Å². The Morgan fingerprint density at radius 1 is 1.56 bits per heavy atom. The first-order valence-electron chi connectivity index (χ1n) is 4.65. The van der Waals surface area contributed by atoms with Crippen LogP contribution in [0.15, 0.2) is 23.4 Å². The number of aromatic amines is 2. The Morgan fingerprint density at radius 3 is 3.12 bits per heavy atom. The van der Waals surface area contributed by atoms with E-state index in [2.05, 4.69) is 25.5 Å². The number of hydrogen-bond acceptors (Lipinski definition) is 5. The SMILES string of the molecule is COc1c(NCc2ccn[nH]2)nc[nH]c1=O. The Kier molecular flexibility index (Phi) is 2.86. The Hall–Kier alpha value is -2.31. The molecule has 0 aliphatic carbocycles.